The van der Waals surface area contributed by atoms with Gasteiger partial charge in [-0.05, 0) is 72.6 Å². The standard InChI is InChI=1S/C26H25BrFN3O4/c1-2-34-24-15-19(5-12-23(24)35-17-18-3-6-20(27)7-4-18)16-29-31-26(33)14-13-25(32)30-22-10-8-21(28)9-11-22/h3-12,15-16H,2,13-14,17H2,1H3,(H,30,32)(H,31,33). The van der Waals surface area contributed by atoms with Gasteiger partial charge in [0.1, 0.15) is 12.4 Å². The molecule has 0 bridgehead atoms. The van der Waals surface area contributed by atoms with E-state index < -0.39 is 11.7 Å². The van der Waals surface area contributed by atoms with Crippen LogP contribution in [0.3, 0.4) is 0 Å². The molecule has 7 nitrogen and oxygen atoms in total. The number of carbonyl (C=O) groups excluding carboxylic acids is 2. The molecule has 0 aliphatic rings. The molecule has 0 aliphatic heterocycles. The predicted molar refractivity (Wildman–Crippen MR) is 136 cm³/mol. The third-order valence-electron chi connectivity index (χ3n) is 4.69. The lowest BCUT2D eigenvalue weighted by atomic mass is 10.2. The Kier molecular flexibility index (Phi) is 9.80. The van der Waals surface area contributed by atoms with Gasteiger partial charge in [0.2, 0.25) is 11.8 Å². The van der Waals surface area contributed by atoms with Gasteiger partial charge in [-0.25, -0.2) is 9.82 Å². The minimum absolute atomic E-state index is 0.0301. The zero-order valence-electron chi connectivity index (χ0n) is 19.1. The molecule has 182 valence electrons. The van der Waals surface area contributed by atoms with Crippen LogP contribution >= 0.6 is 15.9 Å². The average Bonchev–Trinajstić information content (AvgIpc) is 2.85. The summed E-state index contributed by atoms with van der Waals surface area (Å²) in [6.45, 7) is 2.74. The summed E-state index contributed by atoms with van der Waals surface area (Å²) in [5, 5.41) is 6.55. The summed E-state index contributed by atoms with van der Waals surface area (Å²) in [4.78, 5) is 23.9. The summed E-state index contributed by atoms with van der Waals surface area (Å²) in [6, 6.07) is 18.6. The molecule has 0 heterocycles. The monoisotopic (exact) mass is 541 g/mol. The number of nitrogens with one attached hydrogen (secondary N) is 2. The fourth-order valence-corrected chi connectivity index (χ4v) is 3.22. The van der Waals surface area contributed by atoms with Crippen LogP contribution in [0.2, 0.25) is 0 Å². The molecule has 3 rings (SSSR count). The Morgan fingerprint density at radius 1 is 0.943 bits per heavy atom. The van der Waals surface area contributed by atoms with Gasteiger partial charge in [0.05, 0.1) is 12.8 Å². The number of amides is 2. The first-order valence-corrected chi connectivity index (χ1v) is 11.7. The number of rotatable bonds is 11. The van der Waals surface area contributed by atoms with Gasteiger partial charge in [0, 0.05) is 23.0 Å². The maximum Gasteiger partial charge on any atom is 0.240 e. The fraction of sp³-hybridized carbons (Fsp3) is 0.192. The fourth-order valence-electron chi connectivity index (χ4n) is 2.95. The van der Waals surface area contributed by atoms with Crippen LogP contribution in [-0.4, -0.2) is 24.6 Å². The topological polar surface area (TPSA) is 89.0 Å². The molecule has 0 saturated carbocycles. The van der Waals surface area contributed by atoms with Crippen LogP contribution in [0, 0.1) is 5.82 Å². The van der Waals surface area contributed by atoms with Crippen molar-refractivity contribution >= 4 is 39.6 Å². The van der Waals surface area contributed by atoms with Gasteiger partial charge in [-0.2, -0.15) is 5.10 Å². The van der Waals surface area contributed by atoms with Crippen molar-refractivity contribution < 1.29 is 23.5 Å². The van der Waals surface area contributed by atoms with Crippen LogP contribution in [0.5, 0.6) is 11.5 Å². The van der Waals surface area contributed by atoms with Gasteiger partial charge in [0.15, 0.2) is 11.5 Å². The van der Waals surface area contributed by atoms with E-state index in [4.69, 9.17) is 9.47 Å². The van der Waals surface area contributed by atoms with Crippen LogP contribution in [0.1, 0.15) is 30.9 Å². The van der Waals surface area contributed by atoms with E-state index in [-0.39, 0.29) is 18.7 Å². The van der Waals surface area contributed by atoms with Gasteiger partial charge in [-0.3, -0.25) is 9.59 Å². The normalized spacial score (nSPS) is 10.7. The lowest BCUT2D eigenvalue weighted by Crippen LogP contribution is -2.20. The van der Waals surface area contributed by atoms with Gasteiger partial charge >= 0.3 is 0 Å². The SMILES string of the molecule is CCOc1cc(C=NNC(=O)CCC(=O)Nc2ccc(F)cc2)ccc1OCc1ccc(Br)cc1. The Balaban J connectivity index is 1.48. The number of anilines is 1. The molecule has 0 spiro atoms. The smallest absolute Gasteiger partial charge is 0.240 e. The zero-order chi connectivity index (χ0) is 25.0. The molecule has 2 N–H and O–H groups in total. The summed E-state index contributed by atoms with van der Waals surface area (Å²) >= 11 is 3.41. The third kappa shape index (κ3) is 8.86. The van der Waals surface area contributed by atoms with Crippen LogP contribution in [-0.2, 0) is 16.2 Å². The Morgan fingerprint density at radius 3 is 2.37 bits per heavy atom. The minimum Gasteiger partial charge on any atom is -0.490 e. The molecule has 0 unspecified atom stereocenters. The largest absolute Gasteiger partial charge is 0.490 e. The number of carbonyl (C=O) groups is 2. The lowest BCUT2D eigenvalue weighted by molar-refractivity contribution is -0.124. The summed E-state index contributed by atoms with van der Waals surface area (Å²) in [7, 11) is 0. The molecule has 0 aliphatic carbocycles. The molecular weight excluding hydrogens is 517 g/mol. The van der Waals surface area contributed by atoms with Crippen molar-refractivity contribution in [3.05, 3.63) is 88.1 Å². The van der Waals surface area contributed by atoms with Gasteiger partial charge < -0.3 is 14.8 Å². The van der Waals surface area contributed by atoms with Crippen molar-refractivity contribution in [3.8, 4) is 11.5 Å². The Hall–Kier alpha value is -3.72. The second-order valence-electron chi connectivity index (χ2n) is 7.40. The second-order valence-corrected chi connectivity index (χ2v) is 8.32. The third-order valence-corrected chi connectivity index (χ3v) is 5.21. The number of benzene rings is 3. The van der Waals surface area contributed by atoms with Crippen molar-refractivity contribution in [2.75, 3.05) is 11.9 Å². The summed E-state index contributed by atoms with van der Waals surface area (Å²) in [5.74, 6) is 0.0165. The lowest BCUT2D eigenvalue weighted by Gasteiger charge is -2.12. The van der Waals surface area contributed by atoms with Crippen molar-refractivity contribution in [2.24, 2.45) is 5.10 Å². The maximum absolute atomic E-state index is 12.9. The molecule has 0 atom stereocenters. The van der Waals surface area contributed by atoms with E-state index in [9.17, 15) is 14.0 Å². The molecule has 9 heteroatoms. The van der Waals surface area contributed by atoms with Gasteiger partial charge in [0.25, 0.3) is 0 Å². The quantitative estimate of drug-likeness (QED) is 0.250. The molecule has 0 fully saturated rings. The second kappa shape index (κ2) is 13.2. The van der Waals surface area contributed by atoms with Crippen LogP contribution in [0.25, 0.3) is 0 Å². The van der Waals surface area contributed by atoms with E-state index in [1.807, 2.05) is 31.2 Å². The molecular formula is C26H25BrFN3O4. The first kappa shape index (κ1) is 25.9. The first-order chi connectivity index (χ1) is 16.9. The van der Waals surface area contributed by atoms with Gasteiger partial charge in [-0.1, -0.05) is 28.1 Å². The predicted octanol–water partition coefficient (Wildman–Crippen LogP) is 5.43. The van der Waals surface area contributed by atoms with E-state index in [2.05, 4.69) is 31.8 Å². The van der Waals surface area contributed by atoms with Crippen molar-refractivity contribution in [1.82, 2.24) is 5.43 Å². The summed E-state index contributed by atoms with van der Waals surface area (Å²) < 4.78 is 25.5. The number of hydrogen-bond donors (Lipinski definition) is 2. The van der Waals surface area contributed by atoms with Crippen molar-refractivity contribution in [1.29, 1.82) is 0 Å². The highest BCUT2D eigenvalue weighted by atomic mass is 79.9. The Labute approximate surface area is 211 Å². The van der Waals surface area contributed by atoms with Crippen molar-refractivity contribution in [2.45, 2.75) is 26.4 Å². The molecule has 2 amide bonds. The first-order valence-electron chi connectivity index (χ1n) is 10.9. The van der Waals surface area contributed by atoms with E-state index in [0.717, 1.165) is 10.0 Å². The number of hydrazone groups is 1. The molecule has 0 saturated heterocycles. The molecule has 35 heavy (non-hydrogen) atoms. The van der Waals surface area contributed by atoms with Gasteiger partial charge in [-0.15, -0.1) is 0 Å². The Bertz CT molecular complexity index is 1170. The molecule has 0 aromatic heterocycles. The average molecular weight is 542 g/mol. The zero-order valence-corrected chi connectivity index (χ0v) is 20.7. The maximum atomic E-state index is 12.9. The highest BCUT2D eigenvalue weighted by Gasteiger charge is 2.08. The minimum atomic E-state index is -0.407. The van der Waals surface area contributed by atoms with E-state index in [0.29, 0.717) is 36.0 Å². The van der Waals surface area contributed by atoms with Crippen LogP contribution in [0.15, 0.2) is 76.3 Å². The number of nitrogens with zero attached hydrogens (tertiary/aromatic N) is 1. The van der Waals surface area contributed by atoms with E-state index in [1.165, 1.54) is 30.5 Å². The molecule has 3 aromatic rings. The molecule has 0 radical (unpaired) electrons. The number of ether oxygens (including phenoxy) is 2. The number of halogens is 2. The molecule has 3 aromatic carbocycles. The highest BCUT2D eigenvalue weighted by Crippen LogP contribution is 2.29. The van der Waals surface area contributed by atoms with E-state index in [1.54, 1.807) is 18.2 Å². The number of hydrogen-bond acceptors (Lipinski definition) is 5. The highest BCUT2D eigenvalue weighted by molar-refractivity contribution is 9.10. The summed E-state index contributed by atoms with van der Waals surface area (Å²) in [6.07, 6.45) is 1.41. The van der Waals surface area contributed by atoms with E-state index >= 15 is 0 Å². The van der Waals surface area contributed by atoms with Crippen LogP contribution < -0.4 is 20.2 Å². The Morgan fingerprint density at radius 2 is 1.66 bits per heavy atom. The van der Waals surface area contributed by atoms with Crippen LogP contribution in [0.4, 0.5) is 10.1 Å². The summed E-state index contributed by atoms with van der Waals surface area (Å²) in [5.41, 5.74) is 4.59. The van der Waals surface area contributed by atoms with Crippen molar-refractivity contribution in [3.63, 3.8) is 0 Å².